The number of carbonyl (C=O) groups excluding carboxylic acids is 2. The molecule has 0 radical (unpaired) electrons. The molecule has 5 nitrogen and oxygen atoms in total. The van der Waals surface area contributed by atoms with E-state index in [4.69, 9.17) is 4.74 Å². The average Bonchev–Trinajstić information content (AvgIpc) is 3.12. The van der Waals surface area contributed by atoms with Crippen molar-refractivity contribution in [1.29, 1.82) is 0 Å². The first kappa shape index (κ1) is 15.2. The lowest BCUT2D eigenvalue weighted by Crippen LogP contribution is -2.34. The van der Waals surface area contributed by atoms with Gasteiger partial charge in [-0.05, 0) is 37.8 Å². The highest BCUT2D eigenvalue weighted by molar-refractivity contribution is 8.00. The molecule has 0 unspecified atom stereocenters. The van der Waals surface area contributed by atoms with Crippen LogP contribution in [-0.2, 0) is 9.59 Å². The highest BCUT2D eigenvalue weighted by atomic mass is 32.2. The zero-order valence-corrected chi connectivity index (χ0v) is 13.2. The van der Waals surface area contributed by atoms with Crippen LogP contribution >= 0.6 is 11.8 Å². The molecule has 2 fully saturated rings. The second-order valence-electron chi connectivity index (χ2n) is 5.67. The van der Waals surface area contributed by atoms with Gasteiger partial charge >= 0.3 is 0 Å². The van der Waals surface area contributed by atoms with Crippen LogP contribution < -0.4 is 10.1 Å². The molecule has 1 aromatic carbocycles. The summed E-state index contributed by atoms with van der Waals surface area (Å²) in [5.41, 5.74) is 0.708. The number of carbonyl (C=O) groups is 2. The van der Waals surface area contributed by atoms with Gasteiger partial charge in [-0.1, -0.05) is 6.07 Å². The minimum Gasteiger partial charge on any atom is -0.490 e. The molecule has 1 aliphatic heterocycles. The van der Waals surface area contributed by atoms with Gasteiger partial charge in [0.2, 0.25) is 11.8 Å². The van der Waals surface area contributed by atoms with Gasteiger partial charge in [-0.15, -0.1) is 11.8 Å². The Labute approximate surface area is 134 Å². The number of hydrogen-bond acceptors (Lipinski definition) is 4. The fraction of sp³-hybridized carbons (Fsp3) is 0.500. The molecule has 0 atom stereocenters. The van der Waals surface area contributed by atoms with Crippen LogP contribution in [0.4, 0.5) is 5.69 Å². The lowest BCUT2D eigenvalue weighted by molar-refractivity contribution is -0.130. The van der Waals surface area contributed by atoms with Crippen LogP contribution in [0.1, 0.15) is 25.7 Å². The molecule has 118 valence electrons. The van der Waals surface area contributed by atoms with E-state index in [0.717, 1.165) is 18.6 Å². The van der Waals surface area contributed by atoms with E-state index in [-0.39, 0.29) is 18.4 Å². The van der Waals surface area contributed by atoms with Gasteiger partial charge in [0.05, 0.1) is 17.7 Å². The summed E-state index contributed by atoms with van der Waals surface area (Å²) in [6, 6.07) is 7.46. The topological polar surface area (TPSA) is 58.6 Å². The molecule has 6 heteroatoms. The highest BCUT2D eigenvalue weighted by Crippen LogP contribution is 2.25. The normalized spacial score (nSPS) is 18.7. The Hall–Kier alpha value is -1.69. The number of nitrogens with one attached hydrogen (secondary N) is 1. The lowest BCUT2D eigenvalue weighted by Gasteiger charge is -2.16. The molecule has 1 saturated carbocycles. The van der Waals surface area contributed by atoms with E-state index in [2.05, 4.69) is 5.32 Å². The zero-order valence-electron chi connectivity index (χ0n) is 12.4. The summed E-state index contributed by atoms with van der Waals surface area (Å²) >= 11 is 1.54. The Kier molecular flexibility index (Phi) is 4.87. The largest absolute Gasteiger partial charge is 0.490 e. The first-order valence-electron chi connectivity index (χ1n) is 7.63. The van der Waals surface area contributed by atoms with Gasteiger partial charge in [0.1, 0.15) is 12.3 Å². The number of ether oxygens (including phenoxy) is 1. The molecule has 3 rings (SSSR count). The fourth-order valence-electron chi connectivity index (χ4n) is 2.76. The number of rotatable bonds is 5. The van der Waals surface area contributed by atoms with Crippen molar-refractivity contribution in [3.05, 3.63) is 24.3 Å². The first-order valence-corrected chi connectivity index (χ1v) is 8.78. The maximum absolute atomic E-state index is 12.0. The molecular weight excluding hydrogens is 300 g/mol. The van der Waals surface area contributed by atoms with Crippen LogP contribution in [0.3, 0.4) is 0 Å². The Morgan fingerprint density at radius 2 is 2.18 bits per heavy atom. The summed E-state index contributed by atoms with van der Waals surface area (Å²) < 4.78 is 5.93. The van der Waals surface area contributed by atoms with Gasteiger partial charge in [0, 0.05) is 11.8 Å². The molecular formula is C16H20N2O3S. The van der Waals surface area contributed by atoms with Crippen LogP contribution in [0.5, 0.6) is 5.75 Å². The quantitative estimate of drug-likeness (QED) is 0.905. The number of benzene rings is 1. The minimum atomic E-state index is -0.172. The Balaban J connectivity index is 1.55. The third kappa shape index (κ3) is 3.94. The number of nitrogens with zero attached hydrogens (tertiary/aromatic N) is 1. The zero-order chi connectivity index (χ0) is 15.4. The van der Waals surface area contributed by atoms with Gasteiger partial charge < -0.3 is 15.0 Å². The van der Waals surface area contributed by atoms with E-state index in [0.29, 0.717) is 23.4 Å². The van der Waals surface area contributed by atoms with Crippen molar-refractivity contribution in [3.63, 3.8) is 0 Å². The molecule has 22 heavy (non-hydrogen) atoms. The fourth-order valence-corrected chi connectivity index (χ4v) is 3.66. The van der Waals surface area contributed by atoms with Crippen LogP contribution in [0.25, 0.3) is 0 Å². The summed E-state index contributed by atoms with van der Waals surface area (Å²) in [5.74, 6) is 1.71. The van der Waals surface area contributed by atoms with Crippen molar-refractivity contribution >= 4 is 29.3 Å². The second-order valence-corrected chi connectivity index (χ2v) is 6.62. The Morgan fingerprint density at radius 3 is 2.91 bits per heavy atom. The van der Waals surface area contributed by atoms with Crippen molar-refractivity contribution in [1.82, 2.24) is 4.90 Å². The summed E-state index contributed by atoms with van der Waals surface area (Å²) in [6.07, 6.45) is 4.95. The molecule has 1 heterocycles. The minimum absolute atomic E-state index is 0.0264. The SMILES string of the molecule is O=C(CN1CSCC1=O)Nc1cccc(OC2CCCC2)c1. The first-order chi connectivity index (χ1) is 10.7. The maximum Gasteiger partial charge on any atom is 0.244 e. The number of anilines is 1. The summed E-state index contributed by atoms with van der Waals surface area (Å²) in [5, 5.41) is 2.83. The second kappa shape index (κ2) is 7.05. The highest BCUT2D eigenvalue weighted by Gasteiger charge is 2.23. The molecule has 1 saturated heterocycles. The van der Waals surface area contributed by atoms with Crippen LogP contribution in [0.2, 0.25) is 0 Å². The molecule has 0 bridgehead atoms. The van der Waals surface area contributed by atoms with Crippen molar-refractivity contribution in [2.75, 3.05) is 23.5 Å². The van der Waals surface area contributed by atoms with Crippen LogP contribution in [0.15, 0.2) is 24.3 Å². The molecule has 1 N–H and O–H groups in total. The monoisotopic (exact) mass is 320 g/mol. The van der Waals surface area contributed by atoms with E-state index in [1.54, 1.807) is 4.90 Å². The Bertz CT molecular complexity index is 558. The average molecular weight is 320 g/mol. The van der Waals surface area contributed by atoms with Crippen molar-refractivity contribution in [3.8, 4) is 5.75 Å². The van der Waals surface area contributed by atoms with Gasteiger partial charge in [0.25, 0.3) is 0 Å². The lowest BCUT2D eigenvalue weighted by atomic mass is 10.2. The Morgan fingerprint density at radius 1 is 1.36 bits per heavy atom. The third-order valence-electron chi connectivity index (χ3n) is 3.88. The van der Waals surface area contributed by atoms with Crippen molar-refractivity contribution < 1.29 is 14.3 Å². The third-order valence-corrected chi connectivity index (χ3v) is 4.83. The number of amides is 2. The number of hydrogen-bond donors (Lipinski definition) is 1. The van der Waals surface area contributed by atoms with Crippen LogP contribution in [-0.4, -0.2) is 41.0 Å². The standard InChI is InChI=1S/C16H20N2O3S/c19-15(9-18-11-22-10-16(18)20)17-12-4-3-7-14(8-12)21-13-5-1-2-6-13/h3-4,7-8,13H,1-2,5-6,9-11H2,(H,17,19). The predicted molar refractivity (Wildman–Crippen MR) is 87.0 cm³/mol. The van der Waals surface area contributed by atoms with E-state index >= 15 is 0 Å². The van der Waals surface area contributed by atoms with Gasteiger partial charge in [-0.3, -0.25) is 9.59 Å². The molecule has 1 aliphatic carbocycles. The smallest absolute Gasteiger partial charge is 0.244 e. The van der Waals surface area contributed by atoms with Crippen molar-refractivity contribution in [2.24, 2.45) is 0 Å². The molecule has 1 aromatic rings. The van der Waals surface area contributed by atoms with Gasteiger partial charge in [-0.25, -0.2) is 0 Å². The number of thioether (sulfide) groups is 1. The molecule has 2 aliphatic rings. The summed E-state index contributed by atoms with van der Waals surface area (Å²) in [4.78, 5) is 25.1. The predicted octanol–water partition coefficient (Wildman–Crippen LogP) is 2.48. The van der Waals surface area contributed by atoms with E-state index in [1.165, 1.54) is 24.6 Å². The van der Waals surface area contributed by atoms with Gasteiger partial charge in [0.15, 0.2) is 0 Å². The van der Waals surface area contributed by atoms with E-state index in [1.807, 2.05) is 24.3 Å². The maximum atomic E-state index is 12.0. The summed E-state index contributed by atoms with van der Waals surface area (Å²) in [6.45, 7) is 0.111. The van der Waals surface area contributed by atoms with Crippen molar-refractivity contribution in [2.45, 2.75) is 31.8 Å². The summed E-state index contributed by atoms with van der Waals surface area (Å²) in [7, 11) is 0. The van der Waals surface area contributed by atoms with Crippen LogP contribution in [0, 0.1) is 0 Å². The molecule has 0 aromatic heterocycles. The van der Waals surface area contributed by atoms with E-state index < -0.39 is 0 Å². The van der Waals surface area contributed by atoms with Gasteiger partial charge in [-0.2, -0.15) is 0 Å². The molecule has 0 spiro atoms. The van der Waals surface area contributed by atoms with E-state index in [9.17, 15) is 9.59 Å². The molecule has 2 amide bonds.